The molecule has 1 rings (SSSR count). The van der Waals surface area contributed by atoms with E-state index in [0.717, 1.165) is 6.54 Å². The van der Waals surface area contributed by atoms with E-state index in [9.17, 15) is 0 Å². The molecule has 2 N–H and O–H groups in total. The van der Waals surface area contributed by atoms with Crippen molar-refractivity contribution in [2.45, 2.75) is 77.3 Å². The minimum absolute atomic E-state index is 0.353. The Hall–Kier alpha value is -0.0800. The third-order valence-corrected chi connectivity index (χ3v) is 3.96. The van der Waals surface area contributed by atoms with Gasteiger partial charge in [-0.15, -0.1) is 0 Å². The average Bonchev–Trinajstić information content (AvgIpc) is 2.24. The zero-order valence-corrected chi connectivity index (χ0v) is 11.5. The van der Waals surface area contributed by atoms with Crippen molar-refractivity contribution in [3.05, 3.63) is 0 Å². The second kappa shape index (κ2) is 6.61. The molecular formula is C14H30N2. The summed E-state index contributed by atoms with van der Waals surface area (Å²) in [6, 6.07) is 0.406. The zero-order chi connectivity index (χ0) is 12.0. The van der Waals surface area contributed by atoms with Crippen molar-refractivity contribution in [2.24, 2.45) is 5.73 Å². The summed E-state index contributed by atoms with van der Waals surface area (Å²) in [6.45, 7) is 9.39. The highest BCUT2D eigenvalue weighted by Crippen LogP contribution is 2.25. The monoisotopic (exact) mass is 226 g/mol. The Balaban J connectivity index is 2.30. The van der Waals surface area contributed by atoms with Crippen LogP contribution in [0.2, 0.25) is 0 Å². The molecule has 0 unspecified atom stereocenters. The molecule has 1 fully saturated rings. The number of nitrogens with zero attached hydrogens (tertiary/aromatic N) is 1. The predicted molar refractivity (Wildman–Crippen MR) is 71.6 cm³/mol. The van der Waals surface area contributed by atoms with Crippen LogP contribution in [0.5, 0.6) is 0 Å². The highest BCUT2D eigenvalue weighted by atomic mass is 15.2. The lowest BCUT2D eigenvalue weighted by atomic mass is 9.91. The molecule has 96 valence electrons. The second-order valence-corrected chi connectivity index (χ2v) is 5.97. The lowest BCUT2D eigenvalue weighted by Gasteiger charge is -2.43. The molecule has 0 saturated carbocycles. The number of unbranched alkanes of at least 4 members (excludes halogenated alkanes) is 3. The van der Waals surface area contributed by atoms with Gasteiger partial charge in [-0.2, -0.15) is 0 Å². The number of nitrogens with two attached hydrogens (primary N) is 1. The van der Waals surface area contributed by atoms with Crippen LogP contribution >= 0.6 is 0 Å². The van der Waals surface area contributed by atoms with Crippen LogP contribution in [0.25, 0.3) is 0 Å². The molecule has 0 bridgehead atoms. The minimum Gasteiger partial charge on any atom is -0.327 e. The third-order valence-electron chi connectivity index (χ3n) is 3.96. The van der Waals surface area contributed by atoms with Crippen LogP contribution in [-0.2, 0) is 0 Å². The molecule has 0 aliphatic carbocycles. The van der Waals surface area contributed by atoms with Crippen LogP contribution in [0, 0.1) is 0 Å². The summed E-state index contributed by atoms with van der Waals surface area (Å²) in [4.78, 5) is 2.60. The van der Waals surface area contributed by atoms with E-state index in [2.05, 4.69) is 25.7 Å². The lowest BCUT2D eigenvalue weighted by molar-refractivity contribution is 0.0765. The lowest BCUT2D eigenvalue weighted by Crippen LogP contribution is -2.52. The predicted octanol–water partition coefficient (Wildman–Crippen LogP) is 3.16. The summed E-state index contributed by atoms with van der Waals surface area (Å²) in [5, 5.41) is 0. The molecule has 0 amide bonds. The molecule has 0 radical (unpaired) electrons. The van der Waals surface area contributed by atoms with Gasteiger partial charge in [0.25, 0.3) is 0 Å². The van der Waals surface area contributed by atoms with Gasteiger partial charge in [0.05, 0.1) is 0 Å². The summed E-state index contributed by atoms with van der Waals surface area (Å²) in [5.41, 5.74) is 6.41. The molecule has 2 heteroatoms. The average molecular weight is 226 g/mol. The molecule has 0 aromatic carbocycles. The number of rotatable bonds is 6. The molecule has 1 heterocycles. The fourth-order valence-corrected chi connectivity index (χ4v) is 2.70. The van der Waals surface area contributed by atoms with Gasteiger partial charge in [0.1, 0.15) is 0 Å². The van der Waals surface area contributed by atoms with Gasteiger partial charge >= 0.3 is 0 Å². The maximum atomic E-state index is 6.06. The molecule has 16 heavy (non-hydrogen) atoms. The van der Waals surface area contributed by atoms with E-state index in [-0.39, 0.29) is 0 Å². The topological polar surface area (TPSA) is 29.3 Å². The van der Waals surface area contributed by atoms with Crippen molar-refractivity contribution in [3.63, 3.8) is 0 Å². The summed E-state index contributed by atoms with van der Waals surface area (Å²) in [7, 11) is 0. The van der Waals surface area contributed by atoms with Crippen LogP contribution in [0.3, 0.4) is 0 Å². The van der Waals surface area contributed by atoms with Crippen LogP contribution in [0.1, 0.15) is 65.7 Å². The van der Waals surface area contributed by atoms with Crippen LogP contribution in [-0.4, -0.2) is 29.6 Å². The number of hydrogen-bond donors (Lipinski definition) is 1. The fraction of sp³-hybridized carbons (Fsp3) is 1.00. The second-order valence-electron chi connectivity index (χ2n) is 5.97. The minimum atomic E-state index is 0.353. The molecule has 1 aliphatic heterocycles. The van der Waals surface area contributed by atoms with Crippen molar-refractivity contribution < 1.29 is 0 Å². The zero-order valence-electron chi connectivity index (χ0n) is 11.5. The molecule has 1 saturated heterocycles. The van der Waals surface area contributed by atoms with E-state index in [1.54, 1.807) is 0 Å². The number of piperidine rings is 1. The van der Waals surface area contributed by atoms with Crippen molar-refractivity contribution in [3.8, 4) is 0 Å². The van der Waals surface area contributed by atoms with Gasteiger partial charge in [0.15, 0.2) is 0 Å². The Morgan fingerprint density at radius 1 is 1.25 bits per heavy atom. The van der Waals surface area contributed by atoms with Gasteiger partial charge in [0.2, 0.25) is 0 Å². The molecule has 0 aromatic heterocycles. The number of likely N-dealkylation sites (tertiary alicyclic amines) is 1. The summed E-state index contributed by atoms with van der Waals surface area (Å²) >= 11 is 0. The smallest absolute Gasteiger partial charge is 0.0168 e. The van der Waals surface area contributed by atoms with E-state index in [1.165, 1.54) is 51.5 Å². The molecular weight excluding hydrogens is 196 g/mol. The maximum Gasteiger partial charge on any atom is 0.0168 e. The molecule has 0 spiro atoms. The molecule has 1 atom stereocenters. The third kappa shape index (κ3) is 4.42. The Kier molecular flexibility index (Phi) is 5.77. The largest absolute Gasteiger partial charge is 0.327 e. The maximum absolute atomic E-state index is 6.06. The normalized spacial score (nSPS) is 23.6. The van der Waals surface area contributed by atoms with Crippen molar-refractivity contribution in [1.29, 1.82) is 0 Å². The van der Waals surface area contributed by atoms with E-state index in [4.69, 9.17) is 5.73 Å². The molecule has 2 nitrogen and oxygen atoms in total. The van der Waals surface area contributed by atoms with Crippen LogP contribution in [0.4, 0.5) is 0 Å². The molecule has 1 aliphatic rings. The van der Waals surface area contributed by atoms with E-state index in [0.29, 0.717) is 11.6 Å². The van der Waals surface area contributed by atoms with Gasteiger partial charge in [-0.05, 0) is 39.7 Å². The summed E-state index contributed by atoms with van der Waals surface area (Å²) < 4.78 is 0. The first-order chi connectivity index (χ1) is 7.56. The van der Waals surface area contributed by atoms with Gasteiger partial charge in [-0.25, -0.2) is 0 Å². The van der Waals surface area contributed by atoms with Crippen LogP contribution < -0.4 is 5.73 Å². The van der Waals surface area contributed by atoms with Crippen LogP contribution in [0.15, 0.2) is 0 Å². The van der Waals surface area contributed by atoms with E-state index >= 15 is 0 Å². The van der Waals surface area contributed by atoms with Crippen molar-refractivity contribution in [1.82, 2.24) is 4.90 Å². The Labute approximate surface area is 102 Å². The van der Waals surface area contributed by atoms with E-state index in [1.807, 2.05) is 0 Å². The fourth-order valence-electron chi connectivity index (χ4n) is 2.70. The standard InChI is InChI=1S/C14H30N2/c1-4-5-6-7-10-14(2,3)16-11-8-9-13(15)12-16/h13H,4-12,15H2,1-3H3/t13-/m0/s1. The Morgan fingerprint density at radius 3 is 2.62 bits per heavy atom. The molecule has 0 aromatic rings. The first kappa shape index (κ1) is 14.0. The SMILES string of the molecule is CCCCCCC(C)(C)N1CCC[C@H](N)C1. The highest BCUT2D eigenvalue weighted by molar-refractivity contribution is 4.87. The van der Waals surface area contributed by atoms with E-state index < -0.39 is 0 Å². The van der Waals surface area contributed by atoms with Gasteiger partial charge in [-0.3, -0.25) is 4.90 Å². The van der Waals surface area contributed by atoms with Gasteiger partial charge < -0.3 is 5.73 Å². The Bertz CT molecular complexity index is 189. The first-order valence-corrected chi connectivity index (χ1v) is 7.07. The first-order valence-electron chi connectivity index (χ1n) is 7.07. The summed E-state index contributed by atoms with van der Waals surface area (Å²) in [5.74, 6) is 0. The van der Waals surface area contributed by atoms with Gasteiger partial charge in [0, 0.05) is 18.1 Å². The quantitative estimate of drug-likeness (QED) is 0.705. The highest BCUT2D eigenvalue weighted by Gasteiger charge is 2.29. The number of hydrogen-bond acceptors (Lipinski definition) is 2. The Morgan fingerprint density at radius 2 is 2.00 bits per heavy atom. The summed E-state index contributed by atoms with van der Waals surface area (Å²) in [6.07, 6.45) is 9.28. The van der Waals surface area contributed by atoms with Crippen molar-refractivity contribution in [2.75, 3.05) is 13.1 Å². The van der Waals surface area contributed by atoms with Crippen molar-refractivity contribution >= 4 is 0 Å². The van der Waals surface area contributed by atoms with Gasteiger partial charge in [-0.1, -0.05) is 32.6 Å².